The molecule has 0 unspecified atom stereocenters. The van der Waals surface area contributed by atoms with Crippen molar-refractivity contribution in [1.29, 1.82) is 0 Å². The summed E-state index contributed by atoms with van der Waals surface area (Å²) in [5.74, 6) is -0.492. The van der Waals surface area contributed by atoms with Crippen molar-refractivity contribution in [3.05, 3.63) is 28.3 Å². The lowest BCUT2D eigenvalue weighted by Gasteiger charge is -2.47. The van der Waals surface area contributed by atoms with Crippen LogP contribution < -0.4 is 10.9 Å². The fourth-order valence-corrected chi connectivity index (χ4v) is 4.01. The summed E-state index contributed by atoms with van der Waals surface area (Å²) in [6, 6.07) is 0.165. The van der Waals surface area contributed by atoms with Crippen molar-refractivity contribution in [3.8, 4) is 11.3 Å². The molecule has 0 bridgehead atoms. The monoisotopic (exact) mass is 332 g/mol. The minimum Gasteiger partial charge on any atom is -0.465 e. The number of hydrogen-bond acceptors (Lipinski definition) is 5. The molecule has 0 spiro atoms. The molecule has 7 heteroatoms. The van der Waals surface area contributed by atoms with E-state index in [1.54, 1.807) is 12.4 Å². The Morgan fingerprint density at radius 2 is 1.88 bits per heavy atom. The largest absolute Gasteiger partial charge is 0.465 e. The molecule has 0 saturated carbocycles. The number of carbonyl (C=O) groups excluding carboxylic acids is 1. The number of fused-ring (bicyclic) bond motifs is 1. The molecule has 3 rings (SSSR count). The maximum atomic E-state index is 12.1. The Morgan fingerprint density at radius 3 is 2.46 bits per heavy atom. The second-order valence-electron chi connectivity index (χ2n) is 7.88. The molecule has 0 radical (unpaired) electrons. The quantitative estimate of drug-likeness (QED) is 0.821. The molecule has 0 aliphatic carbocycles. The Morgan fingerprint density at radius 1 is 1.25 bits per heavy atom. The number of aromatic amines is 1. The molecular weight excluding hydrogens is 308 g/mol. The zero-order valence-corrected chi connectivity index (χ0v) is 14.8. The first-order valence-corrected chi connectivity index (χ1v) is 8.09. The van der Waals surface area contributed by atoms with Crippen LogP contribution in [0.2, 0.25) is 0 Å². The Bertz CT molecular complexity index is 787. The number of H-pyrrole nitrogens is 1. The predicted octanol–water partition coefficient (Wildman–Crippen LogP) is 1.94. The number of rotatable bonds is 2. The van der Waals surface area contributed by atoms with E-state index in [0.29, 0.717) is 16.8 Å². The van der Waals surface area contributed by atoms with Gasteiger partial charge in [0.2, 0.25) is 0 Å². The molecule has 0 atom stereocenters. The van der Waals surface area contributed by atoms with Crippen molar-refractivity contribution < 1.29 is 9.53 Å². The van der Waals surface area contributed by atoms with Gasteiger partial charge in [0.05, 0.1) is 12.7 Å². The zero-order valence-electron chi connectivity index (χ0n) is 14.8. The lowest BCUT2D eigenvalue weighted by atomic mass is 9.79. The van der Waals surface area contributed by atoms with Crippen LogP contribution in [-0.2, 0) is 4.74 Å². The maximum Gasteiger partial charge on any atom is 0.341 e. The number of piperidine rings is 1. The van der Waals surface area contributed by atoms with Crippen LogP contribution in [0.3, 0.4) is 0 Å². The second kappa shape index (κ2) is 5.44. The fraction of sp³-hybridized carbons (Fsp3) is 0.588. The first-order chi connectivity index (χ1) is 11.1. The van der Waals surface area contributed by atoms with Gasteiger partial charge in [0.15, 0.2) is 0 Å². The molecule has 0 aromatic heterocycles. The average Bonchev–Trinajstić information content (AvgIpc) is 2.84. The Kier molecular flexibility index (Phi) is 3.79. The summed E-state index contributed by atoms with van der Waals surface area (Å²) < 4.78 is 6.83. The number of carbonyl (C=O) groups is 1. The van der Waals surface area contributed by atoms with Crippen LogP contribution in [0.5, 0.6) is 0 Å². The lowest BCUT2D eigenvalue weighted by molar-refractivity contribution is 0.0599. The number of hydrogen-bond donors (Lipinski definition) is 2. The summed E-state index contributed by atoms with van der Waals surface area (Å²) in [7, 11) is 1.33. The molecule has 1 saturated heterocycles. The molecular formula is C17H24N4O3. The number of ether oxygens (including phenoxy) is 1. The van der Waals surface area contributed by atoms with E-state index < -0.39 is 5.97 Å². The van der Waals surface area contributed by atoms with Crippen LogP contribution in [0.15, 0.2) is 17.2 Å². The van der Waals surface area contributed by atoms with Gasteiger partial charge in [-0.3, -0.25) is 4.79 Å². The summed E-state index contributed by atoms with van der Waals surface area (Å²) in [5, 5.41) is 10.0. The minimum atomic E-state index is -0.492. The SMILES string of the molecule is COC(=O)c1cn(C2CC(C)(C)NC(C)(C)C2)cc2c(=O)[nH]nc1-2. The second-order valence-corrected chi connectivity index (χ2v) is 7.88. The predicted molar refractivity (Wildman–Crippen MR) is 90.4 cm³/mol. The van der Waals surface area contributed by atoms with Gasteiger partial charge in [-0.05, 0) is 40.5 Å². The molecule has 3 heterocycles. The Balaban J connectivity index is 2.12. The summed E-state index contributed by atoms with van der Waals surface area (Å²) in [6.07, 6.45) is 5.31. The third kappa shape index (κ3) is 2.96. The van der Waals surface area contributed by atoms with Crippen molar-refractivity contribution in [3.63, 3.8) is 0 Å². The van der Waals surface area contributed by atoms with E-state index in [1.165, 1.54) is 7.11 Å². The van der Waals surface area contributed by atoms with Crippen LogP contribution in [0.25, 0.3) is 11.3 Å². The van der Waals surface area contributed by atoms with E-state index in [4.69, 9.17) is 4.74 Å². The van der Waals surface area contributed by atoms with E-state index in [2.05, 4.69) is 43.2 Å². The summed E-state index contributed by atoms with van der Waals surface area (Å²) in [4.78, 5) is 24.2. The summed E-state index contributed by atoms with van der Waals surface area (Å²) >= 11 is 0. The molecule has 24 heavy (non-hydrogen) atoms. The van der Waals surface area contributed by atoms with Gasteiger partial charge < -0.3 is 14.6 Å². The maximum absolute atomic E-state index is 12.1. The Hall–Kier alpha value is -2.15. The fourth-order valence-electron chi connectivity index (χ4n) is 4.01. The van der Waals surface area contributed by atoms with E-state index in [-0.39, 0.29) is 22.7 Å². The molecule has 3 aliphatic heterocycles. The molecule has 0 amide bonds. The molecule has 0 aromatic carbocycles. The third-order valence-electron chi connectivity index (χ3n) is 4.58. The van der Waals surface area contributed by atoms with E-state index in [9.17, 15) is 9.59 Å². The highest BCUT2D eigenvalue weighted by atomic mass is 16.5. The van der Waals surface area contributed by atoms with Gasteiger partial charge in [-0.15, -0.1) is 0 Å². The highest BCUT2D eigenvalue weighted by molar-refractivity contribution is 5.95. The lowest BCUT2D eigenvalue weighted by Crippen LogP contribution is -2.58. The molecule has 2 N–H and O–H groups in total. The molecule has 7 nitrogen and oxygen atoms in total. The molecule has 130 valence electrons. The van der Waals surface area contributed by atoms with Crippen molar-refractivity contribution in [1.82, 2.24) is 20.1 Å². The smallest absolute Gasteiger partial charge is 0.341 e. The van der Waals surface area contributed by atoms with E-state index in [1.807, 2.05) is 4.57 Å². The highest BCUT2D eigenvalue weighted by Gasteiger charge is 2.38. The Labute approximate surface area is 140 Å². The topological polar surface area (TPSA) is 89.0 Å². The normalized spacial score (nSPS) is 20.2. The number of nitrogens with zero attached hydrogens (tertiary/aromatic N) is 2. The molecule has 3 aliphatic rings. The minimum absolute atomic E-state index is 0.0451. The number of methoxy groups -OCH3 is 1. The van der Waals surface area contributed by atoms with Gasteiger partial charge in [0.25, 0.3) is 5.56 Å². The van der Waals surface area contributed by atoms with Gasteiger partial charge in [-0.2, -0.15) is 5.10 Å². The van der Waals surface area contributed by atoms with Crippen LogP contribution in [0.4, 0.5) is 0 Å². The summed E-state index contributed by atoms with van der Waals surface area (Å²) in [6.45, 7) is 8.66. The van der Waals surface area contributed by atoms with Gasteiger partial charge in [-0.25, -0.2) is 9.89 Å². The molecule has 1 fully saturated rings. The van der Waals surface area contributed by atoms with Crippen molar-refractivity contribution in [2.24, 2.45) is 0 Å². The summed E-state index contributed by atoms with van der Waals surface area (Å²) in [5.41, 5.74) is 0.689. The van der Waals surface area contributed by atoms with Gasteiger partial charge in [-0.1, -0.05) is 0 Å². The van der Waals surface area contributed by atoms with Gasteiger partial charge in [0.1, 0.15) is 11.3 Å². The van der Waals surface area contributed by atoms with Gasteiger partial charge in [0, 0.05) is 29.5 Å². The zero-order chi connectivity index (χ0) is 17.7. The standard InChI is InChI=1S/C17H24N4O3/c1-16(2)6-10(7-17(3,4)20-16)21-8-11-13(18-19-14(11)22)12(9-21)15(23)24-5/h8-10,20H,6-7H2,1-5H3,(H,19,22). The van der Waals surface area contributed by atoms with E-state index in [0.717, 1.165) is 12.8 Å². The highest BCUT2D eigenvalue weighted by Crippen LogP contribution is 2.37. The van der Waals surface area contributed by atoms with Crippen LogP contribution in [0, 0.1) is 0 Å². The first kappa shape index (κ1) is 16.7. The number of pyridine rings is 1. The third-order valence-corrected chi connectivity index (χ3v) is 4.58. The van der Waals surface area contributed by atoms with Crippen molar-refractivity contribution in [2.45, 2.75) is 57.7 Å². The van der Waals surface area contributed by atoms with Crippen LogP contribution in [0.1, 0.15) is 56.9 Å². The first-order valence-electron chi connectivity index (χ1n) is 8.09. The van der Waals surface area contributed by atoms with Crippen molar-refractivity contribution in [2.75, 3.05) is 7.11 Å². The van der Waals surface area contributed by atoms with E-state index >= 15 is 0 Å². The van der Waals surface area contributed by atoms with Crippen LogP contribution in [-0.4, -0.2) is 38.9 Å². The number of esters is 1. The van der Waals surface area contributed by atoms with Crippen molar-refractivity contribution >= 4 is 5.97 Å². The average molecular weight is 332 g/mol. The number of nitrogens with one attached hydrogen (secondary N) is 2. The van der Waals surface area contributed by atoms with Gasteiger partial charge >= 0.3 is 5.97 Å². The number of aromatic nitrogens is 3. The molecule has 0 aromatic rings. The van der Waals surface area contributed by atoms with Crippen LogP contribution >= 0.6 is 0 Å².